The van der Waals surface area contributed by atoms with Crippen molar-refractivity contribution in [2.24, 2.45) is 0 Å². The number of nitrogens with two attached hydrogens (primary N) is 1. The van der Waals surface area contributed by atoms with E-state index < -0.39 is 0 Å². The Bertz CT molecular complexity index is 1700. The maximum absolute atomic E-state index is 12.3. The third-order valence-electron chi connectivity index (χ3n) is 7.68. The van der Waals surface area contributed by atoms with Gasteiger partial charge in [0.05, 0.1) is 11.3 Å². The molecule has 0 spiro atoms. The average molecular weight is 544 g/mol. The first-order valence-electron chi connectivity index (χ1n) is 13.8. The van der Waals surface area contributed by atoms with Crippen LogP contribution >= 0.6 is 0 Å². The number of hydrogen-bond acceptors (Lipinski definition) is 6. The maximum Gasteiger partial charge on any atom is 0.246 e. The zero-order valence-corrected chi connectivity index (χ0v) is 23.3. The number of nitrogen functional groups attached to an aromatic ring is 1. The number of imidazole rings is 1. The van der Waals surface area contributed by atoms with Gasteiger partial charge in [0.2, 0.25) is 5.91 Å². The number of amides is 1. The molecule has 4 heterocycles. The zero-order valence-electron chi connectivity index (χ0n) is 23.3. The van der Waals surface area contributed by atoms with Crippen LogP contribution in [-0.2, 0) is 11.3 Å². The summed E-state index contributed by atoms with van der Waals surface area (Å²) >= 11 is 0. The highest BCUT2D eigenvalue weighted by atomic mass is 16.2. The van der Waals surface area contributed by atoms with Crippen molar-refractivity contribution in [2.45, 2.75) is 32.5 Å². The summed E-state index contributed by atoms with van der Waals surface area (Å²) in [5.74, 6) is 1.11. The second kappa shape index (κ2) is 11.0. The van der Waals surface area contributed by atoms with E-state index >= 15 is 0 Å². The number of carbonyl (C=O) groups is 1. The van der Waals surface area contributed by atoms with Crippen LogP contribution in [0.2, 0.25) is 0 Å². The van der Waals surface area contributed by atoms with Crippen LogP contribution in [0, 0.1) is 0 Å². The van der Waals surface area contributed by atoms with Crippen LogP contribution < -0.4 is 5.73 Å². The Morgan fingerprint density at radius 3 is 2.37 bits per heavy atom. The van der Waals surface area contributed by atoms with Gasteiger partial charge in [-0.05, 0) is 61.9 Å². The van der Waals surface area contributed by atoms with Crippen molar-refractivity contribution in [1.82, 2.24) is 29.3 Å². The van der Waals surface area contributed by atoms with Gasteiger partial charge in [-0.3, -0.25) is 14.3 Å². The molecule has 206 valence electrons. The number of hydrogen-bond donors (Lipinski definition) is 1. The van der Waals surface area contributed by atoms with Crippen molar-refractivity contribution in [3.8, 4) is 28.3 Å². The molecule has 41 heavy (non-hydrogen) atoms. The monoisotopic (exact) mass is 543 g/mol. The van der Waals surface area contributed by atoms with Gasteiger partial charge in [0.15, 0.2) is 11.5 Å². The van der Waals surface area contributed by atoms with E-state index in [0.29, 0.717) is 11.6 Å². The first-order chi connectivity index (χ1) is 19.9. The molecule has 0 saturated carbocycles. The SMILES string of the molecule is C=CC(=O)N1[C@H](C)CN(Cc2ccc(-n3c(-c4cccnc4N)nc4ccc(-c5ccccc5)nc43)cc2)C[C@H]1C. The molecule has 2 atom stereocenters. The summed E-state index contributed by atoms with van der Waals surface area (Å²) < 4.78 is 2.06. The topological polar surface area (TPSA) is 93.2 Å². The van der Waals surface area contributed by atoms with Crippen molar-refractivity contribution in [3.63, 3.8) is 0 Å². The zero-order chi connectivity index (χ0) is 28.5. The predicted molar refractivity (Wildman–Crippen MR) is 163 cm³/mol. The number of pyridine rings is 2. The number of anilines is 1. The summed E-state index contributed by atoms with van der Waals surface area (Å²) in [5.41, 5.74) is 12.6. The van der Waals surface area contributed by atoms with Gasteiger partial charge in [-0.15, -0.1) is 0 Å². The Morgan fingerprint density at radius 1 is 0.951 bits per heavy atom. The van der Waals surface area contributed by atoms with Crippen LogP contribution in [0.5, 0.6) is 0 Å². The van der Waals surface area contributed by atoms with Gasteiger partial charge in [0.1, 0.15) is 11.3 Å². The van der Waals surface area contributed by atoms with E-state index in [4.69, 9.17) is 15.7 Å². The van der Waals surface area contributed by atoms with E-state index in [1.54, 1.807) is 6.20 Å². The molecule has 2 aromatic carbocycles. The molecule has 1 amide bonds. The van der Waals surface area contributed by atoms with Crippen LogP contribution in [0.3, 0.4) is 0 Å². The minimum absolute atomic E-state index is 0.00403. The highest BCUT2D eigenvalue weighted by Crippen LogP contribution is 2.32. The van der Waals surface area contributed by atoms with E-state index in [2.05, 4.69) is 71.3 Å². The molecular formula is C33H33N7O. The van der Waals surface area contributed by atoms with Crippen molar-refractivity contribution < 1.29 is 4.79 Å². The summed E-state index contributed by atoms with van der Waals surface area (Å²) in [6.45, 7) is 10.3. The lowest BCUT2D eigenvalue weighted by Gasteiger charge is -2.44. The molecule has 1 aliphatic heterocycles. The normalized spacial score (nSPS) is 17.6. The number of benzene rings is 2. The highest BCUT2D eigenvalue weighted by Gasteiger charge is 2.31. The fourth-order valence-electron chi connectivity index (χ4n) is 5.87. The molecule has 1 fully saturated rings. The molecule has 6 rings (SSSR count). The van der Waals surface area contributed by atoms with Crippen molar-refractivity contribution in [3.05, 3.63) is 103 Å². The van der Waals surface area contributed by atoms with Gasteiger partial charge in [-0.25, -0.2) is 15.0 Å². The number of aromatic nitrogens is 4. The van der Waals surface area contributed by atoms with E-state index in [9.17, 15) is 4.79 Å². The van der Waals surface area contributed by atoms with E-state index in [1.165, 1.54) is 11.6 Å². The van der Waals surface area contributed by atoms with E-state index in [0.717, 1.165) is 53.3 Å². The first-order valence-corrected chi connectivity index (χ1v) is 13.8. The molecular weight excluding hydrogens is 510 g/mol. The summed E-state index contributed by atoms with van der Waals surface area (Å²) in [5, 5.41) is 0. The number of rotatable bonds is 6. The second-order valence-corrected chi connectivity index (χ2v) is 10.6. The number of carbonyl (C=O) groups excluding carboxylic acids is 1. The minimum Gasteiger partial charge on any atom is -0.383 e. The Hall–Kier alpha value is -4.82. The molecule has 3 aromatic heterocycles. The standard InChI is InChI=1S/C33H33N7O/c1-4-30(41)39-22(2)19-38(20-23(39)3)21-24-12-14-26(15-13-24)40-32(27-11-8-18-35-31(27)34)37-29-17-16-28(36-33(29)40)25-9-6-5-7-10-25/h4-18,22-23H,1,19-21H2,2-3H3,(H2,34,35)/t22-,23-/m1/s1. The molecule has 8 nitrogen and oxygen atoms in total. The molecule has 0 radical (unpaired) electrons. The molecule has 2 N–H and O–H groups in total. The van der Waals surface area contributed by atoms with Crippen LogP contribution in [-0.4, -0.2) is 60.4 Å². The largest absolute Gasteiger partial charge is 0.383 e. The molecule has 0 bridgehead atoms. The fraction of sp³-hybridized carbons (Fsp3) is 0.212. The summed E-state index contributed by atoms with van der Waals surface area (Å²) in [4.78, 5) is 31.0. The maximum atomic E-state index is 12.3. The quantitative estimate of drug-likeness (QED) is 0.291. The van der Waals surface area contributed by atoms with Gasteiger partial charge < -0.3 is 10.6 Å². The third kappa shape index (κ3) is 5.10. The summed E-state index contributed by atoms with van der Waals surface area (Å²) in [7, 11) is 0. The van der Waals surface area contributed by atoms with Gasteiger partial charge >= 0.3 is 0 Å². The van der Waals surface area contributed by atoms with E-state index in [1.807, 2.05) is 47.4 Å². The Morgan fingerprint density at radius 2 is 1.68 bits per heavy atom. The molecule has 5 aromatic rings. The molecule has 0 aliphatic carbocycles. The minimum atomic E-state index is -0.00403. The fourth-order valence-corrected chi connectivity index (χ4v) is 5.87. The molecule has 1 aliphatic rings. The lowest BCUT2D eigenvalue weighted by Crippen LogP contribution is -2.57. The van der Waals surface area contributed by atoms with Crippen LogP contribution in [0.25, 0.3) is 39.5 Å². The molecule has 0 unspecified atom stereocenters. The highest BCUT2D eigenvalue weighted by molar-refractivity contribution is 5.87. The van der Waals surface area contributed by atoms with Gasteiger partial charge in [-0.2, -0.15) is 0 Å². The van der Waals surface area contributed by atoms with Gasteiger partial charge in [-0.1, -0.05) is 49.0 Å². The van der Waals surface area contributed by atoms with Gasteiger partial charge in [0.25, 0.3) is 0 Å². The molecule has 1 saturated heterocycles. The Balaban J connectivity index is 1.35. The second-order valence-electron chi connectivity index (χ2n) is 10.6. The van der Waals surface area contributed by atoms with Crippen LogP contribution in [0.1, 0.15) is 19.4 Å². The lowest BCUT2D eigenvalue weighted by atomic mass is 10.1. The first kappa shape index (κ1) is 26.4. The number of nitrogens with zero attached hydrogens (tertiary/aromatic N) is 6. The lowest BCUT2D eigenvalue weighted by molar-refractivity contribution is -0.133. The van der Waals surface area contributed by atoms with Gasteiger partial charge in [0, 0.05) is 49.2 Å². The number of piperazine rings is 1. The summed E-state index contributed by atoms with van der Waals surface area (Å²) in [6.07, 6.45) is 3.09. The van der Waals surface area contributed by atoms with Crippen molar-refractivity contribution in [2.75, 3.05) is 18.8 Å². The third-order valence-corrected chi connectivity index (χ3v) is 7.68. The van der Waals surface area contributed by atoms with Crippen molar-refractivity contribution in [1.29, 1.82) is 0 Å². The smallest absolute Gasteiger partial charge is 0.246 e. The summed E-state index contributed by atoms with van der Waals surface area (Å²) in [6, 6.07) is 26.7. The Kier molecular flexibility index (Phi) is 7.07. The Labute approximate surface area is 239 Å². The van der Waals surface area contributed by atoms with Crippen LogP contribution in [0.4, 0.5) is 5.82 Å². The van der Waals surface area contributed by atoms with E-state index in [-0.39, 0.29) is 18.0 Å². The van der Waals surface area contributed by atoms with Crippen molar-refractivity contribution >= 4 is 22.9 Å². The van der Waals surface area contributed by atoms with Crippen LogP contribution in [0.15, 0.2) is 97.7 Å². The molecule has 8 heteroatoms. The predicted octanol–water partition coefficient (Wildman–Crippen LogP) is 5.34. The number of fused-ring (bicyclic) bond motifs is 1. The average Bonchev–Trinajstić information content (AvgIpc) is 3.36.